The van der Waals surface area contributed by atoms with Crippen molar-refractivity contribution in [2.75, 3.05) is 12.8 Å². The molecule has 0 spiro atoms. The minimum Gasteiger partial charge on any atom is -0.390 e. The zero-order valence-electron chi connectivity index (χ0n) is 9.43. The summed E-state index contributed by atoms with van der Waals surface area (Å²) in [5, 5.41) is 22.6. The van der Waals surface area contributed by atoms with Crippen molar-refractivity contribution >= 4 is 12.6 Å². The van der Waals surface area contributed by atoms with E-state index in [-0.39, 0.29) is 0 Å². The number of thiol groups is 1. The highest BCUT2D eigenvalue weighted by atomic mass is 32.1. The Morgan fingerprint density at radius 3 is 2.75 bits per heavy atom. The minimum absolute atomic E-state index is 0.487. The van der Waals surface area contributed by atoms with E-state index in [4.69, 9.17) is 0 Å². The largest absolute Gasteiger partial charge is 0.390 e. The van der Waals surface area contributed by atoms with Crippen LogP contribution >= 0.6 is 12.6 Å². The molecular formula is C12H19NO2S. The predicted molar refractivity (Wildman–Crippen MR) is 68.6 cm³/mol. The Hall–Kier alpha value is -0.550. The van der Waals surface area contributed by atoms with Gasteiger partial charge in [-0.25, -0.2) is 0 Å². The number of aliphatic hydroxyl groups excluding tert-OH is 2. The third-order valence-electron chi connectivity index (χ3n) is 2.46. The molecule has 3 nitrogen and oxygen atoms in total. The van der Waals surface area contributed by atoms with Crippen LogP contribution in [-0.4, -0.2) is 29.1 Å². The van der Waals surface area contributed by atoms with Gasteiger partial charge in [0.2, 0.25) is 0 Å². The number of rotatable bonds is 6. The molecule has 2 unspecified atom stereocenters. The van der Waals surface area contributed by atoms with E-state index in [9.17, 15) is 10.2 Å². The monoisotopic (exact) mass is 241 g/mol. The van der Waals surface area contributed by atoms with Crippen molar-refractivity contribution in [2.45, 2.75) is 25.2 Å². The van der Waals surface area contributed by atoms with Crippen LogP contribution in [-0.2, 0) is 6.54 Å². The topological polar surface area (TPSA) is 52.5 Å². The maximum Gasteiger partial charge on any atom is 0.105 e. The van der Waals surface area contributed by atoms with Gasteiger partial charge in [-0.15, -0.1) is 0 Å². The standard InChI is InChI=1S/C12H19NO2S/c1-13-8-9-3-2-4-10(7-9)12(15)11(14)5-6-16/h2-4,7,11-16H,5-6,8H2,1H3. The van der Waals surface area contributed by atoms with Crippen LogP contribution in [0.5, 0.6) is 0 Å². The molecule has 0 saturated carbocycles. The molecule has 0 heterocycles. The van der Waals surface area contributed by atoms with Crippen LogP contribution in [0.25, 0.3) is 0 Å². The van der Waals surface area contributed by atoms with Gasteiger partial charge in [0.1, 0.15) is 6.10 Å². The molecule has 90 valence electrons. The highest BCUT2D eigenvalue weighted by Gasteiger charge is 2.17. The zero-order chi connectivity index (χ0) is 12.0. The molecule has 1 rings (SSSR count). The average Bonchev–Trinajstić information content (AvgIpc) is 2.29. The molecule has 0 aliphatic rings. The van der Waals surface area contributed by atoms with Crippen LogP contribution in [0.4, 0.5) is 0 Å². The van der Waals surface area contributed by atoms with Crippen LogP contribution in [0, 0.1) is 0 Å². The molecule has 0 aromatic heterocycles. The van der Waals surface area contributed by atoms with Crippen molar-refractivity contribution in [1.82, 2.24) is 5.32 Å². The normalized spacial score (nSPS) is 14.8. The number of nitrogens with one attached hydrogen (secondary N) is 1. The molecule has 0 saturated heterocycles. The first-order valence-corrected chi connectivity index (χ1v) is 6.02. The van der Waals surface area contributed by atoms with Crippen LogP contribution in [0.2, 0.25) is 0 Å². The van der Waals surface area contributed by atoms with Crippen LogP contribution in [0.15, 0.2) is 24.3 Å². The molecule has 0 bridgehead atoms. The van der Waals surface area contributed by atoms with Gasteiger partial charge in [0, 0.05) is 6.54 Å². The Bertz CT molecular complexity index is 320. The Balaban J connectivity index is 2.74. The van der Waals surface area contributed by atoms with Gasteiger partial charge in [0.05, 0.1) is 6.10 Å². The van der Waals surface area contributed by atoms with Crippen LogP contribution in [0.1, 0.15) is 23.7 Å². The van der Waals surface area contributed by atoms with Gasteiger partial charge >= 0.3 is 0 Å². The van der Waals surface area contributed by atoms with Crippen LogP contribution < -0.4 is 5.32 Å². The average molecular weight is 241 g/mol. The Labute approximate surface area is 102 Å². The van der Waals surface area contributed by atoms with E-state index >= 15 is 0 Å². The summed E-state index contributed by atoms with van der Waals surface area (Å²) < 4.78 is 0. The van der Waals surface area contributed by atoms with Crippen LogP contribution in [0.3, 0.4) is 0 Å². The van der Waals surface area contributed by atoms with Gasteiger partial charge in [0.25, 0.3) is 0 Å². The first-order chi connectivity index (χ1) is 7.69. The summed E-state index contributed by atoms with van der Waals surface area (Å²) in [6, 6.07) is 7.60. The van der Waals surface area contributed by atoms with Crippen molar-refractivity contribution < 1.29 is 10.2 Å². The molecule has 0 amide bonds. The van der Waals surface area contributed by atoms with Gasteiger partial charge in [-0.3, -0.25) is 0 Å². The van der Waals surface area contributed by atoms with Gasteiger partial charge in [-0.2, -0.15) is 12.6 Å². The lowest BCUT2D eigenvalue weighted by atomic mass is 10.0. The molecule has 2 atom stereocenters. The fourth-order valence-electron chi connectivity index (χ4n) is 1.60. The summed E-state index contributed by atoms with van der Waals surface area (Å²) in [6.07, 6.45) is -1.09. The number of hydrogen-bond acceptors (Lipinski definition) is 4. The fraction of sp³-hybridized carbons (Fsp3) is 0.500. The molecule has 0 radical (unpaired) electrons. The predicted octanol–water partition coefficient (Wildman–Crippen LogP) is 1.12. The third-order valence-corrected chi connectivity index (χ3v) is 2.72. The minimum atomic E-state index is -0.830. The van der Waals surface area contributed by atoms with E-state index in [1.807, 2.05) is 31.3 Å². The summed E-state index contributed by atoms with van der Waals surface area (Å²) in [5.74, 6) is 0.564. The summed E-state index contributed by atoms with van der Waals surface area (Å²) >= 11 is 4.04. The quantitative estimate of drug-likeness (QED) is 0.565. The molecule has 4 heteroatoms. The smallest absolute Gasteiger partial charge is 0.105 e. The molecule has 1 aromatic rings. The first-order valence-electron chi connectivity index (χ1n) is 5.39. The first kappa shape index (κ1) is 13.5. The number of aliphatic hydroxyl groups is 2. The summed E-state index contributed by atoms with van der Waals surface area (Å²) in [4.78, 5) is 0. The SMILES string of the molecule is CNCc1cccc(C(O)C(O)CCS)c1. The highest BCUT2D eigenvalue weighted by Crippen LogP contribution is 2.20. The Morgan fingerprint density at radius 2 is 2.12 bits per heavy atom. The number of benzene rings is 1. The second-order valence-corrected chi connectivity index (χ2v) is 4.25. The van der Waals surface area contributed by atoms with E-state index in [2.05, 4.69) is 17.9 Å². The molecule has 0 aliphatic heterocycles. The Kier molecular flexibility index (Phi) is 5.84. The van der Waals surface area contributed by atoms with E-state index < -0.39 is 12.2 Å². The summed E-state index contributed by atoms with van der Waals surface area (Å²) in [6.45, 7) is 0.753. The maximum atomic E-state index is 9.91. The fourth-order valence-corrected chi connectivity index (χ4v) is 1.87. The zero-order valence-corrected chi connectivity index (χ0v) is 10.3. The maximum absolute atomic E-state index is 9.91. The van der Waals surface area contributed by atoms with Crippen molar-refractivity contribution in [2.24, 2.45) is 0 Å². The second kappa shape index (κ2) is 6.91. The van der Waals surface area contributed by atoms with Gasteiger partial charge in [-0.1, -0.05) is 24.3 Å². The third kappa shape index (κ3) is 3.79. The summed E-state index contributed by atoms with van der Waals surface area (Å²) in [5.41, 5.74) is 1.85. The lowest BCUT2D eigenvalue weighted by Crippen LogP contribution is -2.19. The highest BCUT2D eigenvalue weighted by molar-refractivity contribution is 7.80. The van der Waals surface area contributed by atoms with Gasteiger partial charge in [0.15, 0.2) is 0 Å². The van der Waals surface area contributed by atoms with E-state index in [1.54, 1.807) is 0 Å². The van der Waals surface area contributed by atoms with E-state index in [0.717, 1.165) is 17.7 Å². The van der Waals surface area contributed by atoms with Crippen molar-refractivity contribution in [1.29, 1.82) is 0 Å². The van der Waals surface area contributed by atoms with E-state index in [0.29, 0.717) is 12.2 Å². The molecular weight excluding hydrogens is 222 g/mol. The van der Waals surface area contributed by atoms with Gasteiger partial charge < -0.3 is 15.5 Å². The van der Waals surface area contributed by atoms with Crippen molar-refractivity contribution in [3.63, 3.8) is 0 Å². The summed E-state index contributed by atoms with van der Waals surface area (Å²) in [7, 11) is 1.87. The van der Waals surface area contributed by atoms with Crippen molar-refractivity contribution in [3.8, 4) is 0 Å². The molecule has 0 fully saturated rings. The molecule has 0 aliphatic carbocycles. The molecule has 3 N–H and O–H groups in total. The second-order valence-electron chi connectivity index (χ2n) is 3.80. The lowest BCUT2D eigenvalue weighted by molar-refractivity contribution is 0.0172. The van der Waals surface area contributed by atoms with Gasteiger partial charge in [-0.05, 0) is 30.3 Å². The molecule has 1 aromatic carbocycles. The number of hydrogen-bond donors (Lipinski definition) is 4. The molecule has 16 heavy (non-hydrogen) atoms. The lowest BCUT2D eigenvalue weighted by Gasteiger charge is -2.18. The van der Waals surface area contributed by atoms with E-state index in [1.165, 1.54) is 0 Å². The Morgan fingerprint density at radius 1 is 1.38 bits per heavy atom. The van der Waals surface area contributed by atoms with Crippen molar-refractivity contribution in [3.05, 3.63) is 35.4 Å².